The van der Waals surface area contributed by atoms with Crippen LogP contribution in [0.3, 0.4) is 0 Å². The molecule has 0 unspecified atom stereocenters. The molecule has 7 nitrogen and oxygen atoms in total. The van der Waals surface area contributed by atoms with Gasteiger partial charge in [-0.15, -0.1) is 0 Å². The fourth-order valence-electron chi connectivity index (χ4n) is 3.34. The molecule has 2 amide bonds. The molecule has 0 atom stereocenters. The fraction of sp³-hybridized carbons (Fsp3) is 0.385. The molecule has 33 heavy (non-hydrogen) atoms. The number of benzene rings is 2. The van der Waals surface area contributed by atoms with E-state index in [0.29, 0.717) is 42.9 Å². The topological polar surface area (TPSA) is 97.1 Å². The maximum absolute atomic E-state index is 12.3. The van der Waals surface area contributed by atoms with Gasteiger partial charge in [0, 0.05) is 37.1 Å². The second-order valence-corrected chi connectivity index (χ2v) is 8.91. The molecule has 0 aliphatic carbocycles. The minimum atomic E-state index is -0.106. The van der Waals surface area contributed by atoms with Crippen LogP contribution in [0.15, 0.2) is 53.1 Å². The Balaban J connectivity index is 1.46. The molecule has 0 bridgehead atoms. The van der Waals surface area contributed by atoms with Gasteiger partial charge in [-0.1, -0.05) is 69.2 Å². The molecule has 0 fully saturated rings. The molecule has 2 N–H and O–H groups in total. The molecule has 0 aliphatic heterocycles. The number of hydrogen-bond acceptors (Lipinski definition) is 5. The minimum Gasteiger partial charge on any atom is -0.352 e. The zero-order valence-corrected chi connectivity index (χ0v) is 19.7. The lowest BCUT2D eigenvalue weighted by Gasteiger charge is -2.09. The van der Waals surface area contributed by atoms with Crippen LogP contribution in [-0.2, 0) is 22.6 Å². The van der Waals surface area contributed by atoms with Crippen molar-refractivity contribution in [3.8, 4) is 11.4 Å². The van der Waals surface area contributed by atoms with Crippen LogP contribution >= 0.6 is 0 Å². The lowest BCUT2D eigenvalue weighted by Crippen LogP contribution is -2.23. The highest BCUT2D eigenvalue weighted by Crippen LogP contribution is 2.21. The average molecular weight is 449 g/mol. The molecule has 0 saturated heterocycles. The number of nitrogens with one attached hydrogen (secondary N) is 2. The highest BCUT2D eigenvalue weighted by Gasteiger charge is 2.12. The van der Waals surface area contributed by atoms with Gasteiger partial charge in [-0.25, -0.2) is 0 Å². The second-order valence-electron chi connectivity index (χ2n) is 8.91. The Hall–Kier alpha value is -3.48. The van der Waals surface area contributed by atoms with Gasteiger partial charge in [-0.05, 0) is 35.1 Å². The van der Waals surface area contributed by atoms with E-state index in [1.54, 1.807) is 0 Å². The number of carbonyl (C=O) groups excluding carboxylic acids is 2. The molecule has 174 valence electrons. The largest absolute Gasteiger partial charge is 0.352 e. The van der Waals surface area contributed by atoms with E-state index in [4.69, 9.17) is 4.52 Å². The van der Waals surface area contributed by atoms with E-state index in [0.717, 1.165) is 16.8 Å². The van der Waals surface area contributed by atoms with Gasteiger partial charge in [-0.2, -0.15) is 4.98 Å². The van der Waals surface area contributed by atoms with Crippen LogP contribution in [0.5, 0.6) is 0 Å². The van der Waals surface area contributed by atoms with Crippen LogP contribution in [0.1, 0.15) is 63.5 Å². The van der Waals surface area contributed by atoms with E-state index < -0.39 is 0 Å². The first-order valence-corrected chi connectivity index (χ1v) is 11.4. The van der Waals surface area contributed by atoms with Crippen molar-refractivity contribution >= 4 is 17.5 Å². The normalized spacial score (nSPS) is 11.1. The third-order valence-electron chi connectivity index (χ3n) is 5.16. The van der Waals surface area contributed by atoms with Gasteiger partial charge < -0.3 is 15.2 Å². The quantitative estimate of drug-likeness (QED) is 0.450. The third kappa shape index (κ3) is 7.56. The van der Waals surface area contributed by atoms with Crippen molar-refractivity contribution in [2.24, 2.45) is 5.92 Å². The molecule has 2 aromatic carbocycles. The summed E-state index contributed by atoms with van der Waals surface area (Å²) in [6.45, 7) is 8.68. The Morgan fingerprint density at radius 2 is 1.76 bits per heavy atom. The monoisotopic (exact) mass is 448 g/mol. The van der Waals surface area contributed by atoms with Gasteiger partial charge in [0.25, 0.3) is 0 Å². The molecule has 3 aromatic rings. The van der Waals surface area contributed by atoms with Gasteiger partial charge in [0.15, 0.2) is 0 Å². The first kappa shape index (κ1) is 24.2. The van der Waals surface area contributed by atoms with Crippen molar-refractivity contribution in [1.82, 2.24) is 15.5 Å². The van der Waals surface area contributed by atoms with Crippen LogP contribution in [0.25, 0.3) is 11.4 Å². The van der Waals surface area contributed by atoms with Crippen molar-refractivity contribution < 1.29 is 14.1 Å². The van der Waals surface area contributed by atoms with Gasteiger partial charge in [0.2, 0.25) is 23.5 Å². The molecule has 1 aromatic heterocycles. The predicted octanol–water partition coefficient (Wildman–Crippen LogP) is 5.09. The van der Waals surface area contributed by atoms with Gasteiger partial charge >= 0.3 is 0 Å². The van der Waals surface area contributed by atoms with Crippen LogP contribution in [-0.4, -0.2) is 22.0 Å². The molecule has 0 aliphatic rings. The molecule has 1 heterocycles. The summed E-state index contributed by atoms with van der Waals surface area (Å²) in [5.41, 5.74) is 3.78. The first-order valence-electron chi connectivity index (χ1n) is 11.4. The summed E-state index contributed by atoms with van der Waals surface area (Å²) in [6, 6.07) is 15.6. The van der Waals surface area contributed by atoms with Crippen LogP contribution in [0.2, 0.25) is 0 Å². The Morgan fingerprint density at radius 3 is 2.45 bits per heavy atom. The van der Waals surface area contributed by atoms with Crippen molar-refractivity contribution in [2.45, 2.75) is 59.4 Å². The van der Waals surface area contributed by atoms with Crippen molar-refractivity contribution in [2.75, 3.05) is 5.32 Å². The maximum Gasteiger partial charge on any atom is 0.227 e. The van der Waals surface area contributed by atoms with E-state index >= 15 is 0 Å². The summed E-state index contributed by atoms with van der Waals surface area (Å²) >= 11 is 0. The Kier molecular flexibility index (Phi) is 8.35. The summed E-state index contributed by atoms with van der Waals surface area (Å²) < 4.78 is 5.31. The van der Waals surface area contributed by atoms with E-state index in [1.165, 1.54) is 5.56 Å². The van der Waals surface area contributed by atoms with E-state index in [2.05, 4.69) is 46.8 Å². The molecule has 7 heteroatoms. The number of hydrogen-bond donors (Lipinski definition) is 2. The van der Waals surface area contributed by atoms with Crippen LogP contribution < -0.4 is 10.6 Å². The summed E-state index contributed by atoms with van der Waals surface area (Å²) in [5, 5.41) is 9.82. The number of amides is 2. The van der Waals surface area contributed by atoms with Crippen molar-refractivity contribution in [3.05, 3.63) is 65.5 Å². The maximum atomic E-state index is 12.3. The number of aromatic nitrogens is 2. The Bertz CT molecular complexity index is 1070. The summed E-state index contributed by atoms with van der Waals surface area (Å²) in [7, 11) is 0. The second kappa shape index (κ2) is 11.4. The highest BCUT2D eigenvalue weighted by molar-refractivity contribution is 5.90. The van der Waals surface area contributed by atoms with Crippen LogP contribution in [0.4, 0.5) is 5.69 Å². The number of aryl methyl sites for hydroxylation is 1. The molecular weight excluding hydrogens is 416 g/mol. The smallest absolute Gasteiger partial charge is 0.227 e. The fourth-order valence-corrected chi connectivity index (χ4v) is 3.34. The Morgan fingerprint density at radius 1 is 1.00 bits per heavy atom. The Labute approximate surface area is 195 Å². The van der Waals surface area contributed by atoms with E-state index in [9.17, 15) is 9.59 Å². The van der Waals surface area contributed by atoms with E-state index in [-0.39, 0.29) is 18.2 Å². The predicted molar refractivity (Wildman–Crippen MR) is 129 cm³/mol. The zero-order valence-electron chi connectivity index (χ0n) is 19.7. The molecule has 0 radical (unpaired) electrons. The number of nitrogens with zero attached hydrogens (tertiary/aromatic N) is 2. The summed E-state index contributed by atoms with van der Waals surface area (Å²) in [4.78, 5) is 28.6. The zero-order chi connectivity index (χ0) is 23.8. The third-order valence-corrected chi connectivity index (χ3v) is 5.16. The molecule has 3 rings (SSSR count). The highest BCUT2D eigenvalue weighted by atomic mass is 16.5. The lowest BCUT2D eigenvalue weighted by atomic mass is 10.0. The minimum absolute atomic E-state index is 0.0130. The molecular formula is C26H32N4O3. The van der Waals surface area contributed by atoms with E-state index in [1.807, 2.05) is 50.2 Å². The van der Waals surface area contributed by atoms with Gasteiger partial charge in [0.05, 0.1) is 0 Å². The lowest BCUT2D eigenvalue weighted by molar-refractivity contribution is -0.121. The van der Waals surface area contributed by atoms with Crippen LogP contribution in [0, 0.1) is 5.92 Å². The summed E-state index contributed by atoms with van der Waals surface area (Å²) in [5.74, 6) is 1.60. The van der Waals surface area contributed by atoms with Crippen molar-refractivity contribution in [3.63, 3.8) is 0 Å². The van der Waals surface area contributed by atoms with Crippen molar-refractivity contribution in [1.29, 1.82) is 0 Å². The first-order chi connectivity index (χ1) is 15.8. The number of rotatable bonds is 10. The number of anilines is 1. The average Bonchev–Trinajstić information content (AvgIpc) is 3.25. The van der Waals surface area contributed by atoms with Gasteiger partial charge in [-0.3, -0.25) is 9.59 Å². The van der Waals surface area contributed by atoms with Gasteiger partial charge in [0.1, 0.15) is 0 Å². The number of carbonyl (C=O) groups is 2. The SMILES string of the molecule is CC(C)CC(=O)Nc1cccc(CNC(=O)CCc2nc(-c3ccc(C(C)C)cc3)no2)c1. The summed E-state index contributed by atoms with van der Waals surface area (Å²) in [6.07, 6.45) is 1.09. The standard InChI is InChI=1S/C26H32N4O3/c1-17(2)14-24(32)28-22-7-5-6-19(15-22)16-27-23(31)12-13-25-29-26(30-33-25)21-10-8-20(9-11-21)18(3)4/h5-11,15,17-18H,12-14,16H2,1-4H3,(H,27,31)(H,28,32). The molecule has 0 spiro atoms. The molecule has 0 saturated carbocycles.